The highest BCUT2D eigenvalue weighted by atomic mass is 16.5. The molecule has 0 bridgehead atoms. The van der Waals surface area contributed by atoms with Gasteiger partial charge in [0.25, 0.3) is 0 Å². The molecule has 0 aliphatic carbocycles. The summed E-state index contributed by atoms with van der Waals surface area (Å²) in [6.07, 6.45) is 3.69. The third kappa shape index (κ3) is 2.84. The summed E-state index contributed by atoms with van der Waals surface area (Å²) in [4.78, 5) is 10.9. The van der Waals surface area contributed by atoms with Crippen molar-refractivity contribution in [3.8, 4) is 5.75 Å². The van der Waals surface area contributed by atoms with Gasteiger partial charge in [-0.3, -0.25) is 0 Å². The Labute approximate surface area is 89.0 Å². The van der Waals surface area contributed by atoms with E-state index >= 15 is 0 Å². The molecule has 0 amide bonds. The summed E-state index contributed by atoms with van der Waals surface area (Å²) in [5.41, 5.74) is 1.04. The number of aromatic carboxylic acids is 1. The van der Waals surface area contributed by atoms with Gasteiger partial charge in [0.2, 0.25) is 0 Å². The first-order valence-electron chi connectivity index (χ1n) is 4.73. The lowest BCUT2D eigenvalue weighted by molar-refractivity contribution is 0.0692. The first-order chi connectivity index (χ1) is 7.16. The van der Waals surface area contributed by atoms with Gasteiger partial charge in [-0.05, 0) is 25.5 Å². The van der Waals surface area contributed by atoms with Crippen LogP contribution in [0, 0.1) is 6.92 Å². The Morgan fingerprint density at radius 2 is 2.27 bits per heavy atom. The zero-order chi connectivity index (χ0) is 11.3. The van der Waals surface area contributed by atoms with E-state index in [1.54, 1.807) is 12.1 Å². The van der Waals surface area contributed by atoms with Crippen molar-refractivity contribution >= 4 is 5.97 Å². The van der Waals surface area contributed by atoms with Crippen LogP contribution >= 0.6 is 0 Å². The summed E-state index contributed by atoms with van der Waals surface area (Å²) in [5, 5.41) is 8.95. The minimum atomic E-state index is -0.964. The third-order valence-electron chi connectivity index (χ3n) is 2.00. The molecule has 0 heterocycles. The first kappa shape index (κ1) is 11.3. The van der Waals surface area contributed by atoms with Crippen molar-refractivity contribution in [3.63, 3.8) is 0 Å². The number of aryl methyl sites for hydroxylation is 1. The van der Waals surface area contributed by atoms with Crippen LogP contribution in [0.4, 0.5) is 0 Å². The van der Waals surface area contributed by atoms with Gasteiger partial charge in [-0.25, -0.2) is 4.79 Å². The summed E-state index contributed by atoms with van der Waals surface area (Å²) in [7, 11) is 0. The normalized spacial score (nSPS) is 10.5. The second-order valence-corrected chi connectivity index (χ2v) is 3.14. The second-order valence-electron chi connectivity index (χ2n) is 3.14. The molecule has 15 heavy (non-hydrogen) atoms. The standard InChI is InChI=1S/C12H14O3/c1-3-4-8-15-11-9(2)6-5-7-10(11)12(13)14/h3-7H,8H2,1-2H3,(H,13,14)/b4-3+. The van der Waals surface area contributed by atoms with Crippen molar-refractivity contribution in [2.24, 2.45) is 0 Å². The third-order valence-corrected chi connectivity index (χ3v) is 2.00. The van der Waals surface area contributed by atoms with Crippen molar-refractivity contribution < 1.29 is 14.6 Å². The van der Waals surface area contributed by atoms with Crippen molar-refractivity contribution in [1.29, 1.82) is 0 Å². The van der Waals surface area contributed by atoms with E-state index in [9.17, 15) is 4.79 Å². The highest BCUT2D eigenvalue weighted by molar-refractivity contribution is 5.91. The summed E-state index contributed by atoms with van der Waals surface area (Å²) < 4.78 is 5.40. The van der Waals surface area contributed by atoms with Crippen molar-refractivity contribution in [1.82, 2.24) is 0 Å². The van der Waals surface area contributed by atoms with Gasteiger partial charge in [0.1, 0.15) is 17.9 Å². The van der Waals surface area contributed by atoms with Crippen molar-refractivity contribution in [2.75, 3.05) is 6.61 Å². The predicted octanol–water partition coefficient (Wildman–Crippen LogP) is 2.65. The first-order valence-corrected chi connectivity index (χ1v) is 4.73. The number of benzene rings is 1. The fourth-order valence-corrected chi connectivity index (χ4v) is 1.24. The van der Waals surface area contributed by atoms with Gasteiger partial charge in [-0.1, -0.05) is 24.3 Å². The molecule has 0 fully saturated rings. The van der Waals surface area contributed by atoms with E-state index in [1.165, 1.54) is 0 Å². The highest BCUT2D eigenvalue weighted by Crippen LogP contribution is 2.23. The lowest BCUT2D eigenvalue weighted by Gasteiger charge is -2.09. The maximum Gasteiger partial charge on any atom is 0.339 e. The molecule has 0 atom stereocenters. The summed E-state index contributed by atoms with van der Waals surface area (Å²) in [5.74, 6) is -0.516. The molecule has 80 valence electrons. The second kappa shape index (κ2) is 5.20. The van der Waals surface area contributed by atoms with Crippen LogP contribution in [0.3, 0.4) is 0 Å². The number of para-hydroxylation sites is 1. The molecule has 1 N–H and O–H groups in total. The quantitative estimate of drug-likeness (QED) is 0.770. The number of carboxylic acids is 1. The predicted molar refractivity (Wildman–Crippen MR) is 58.4 cm³/mol. The fourth-order valence-electron chi connectivity index (χ4n) is 1.24. The number of rotatable bonds is 4. The van der Waals surface area contributed by atoms with Gasteiger partial charge in [0, 0.05) is 0 Å². The van der Waals surface area contributed by atoms with Gasteiger partial charge >= 0.3 is 5.97 Å². The van der Waals surface area contributed by atoms with Crippen LogP contribution in [-0.4, -0.2) is 17.7 Å². The number of carboxylic acid groups (broad SMARTS) is 1. The zero-order valence-corrected chi connectivity index (χ0v) is 8.86. The Balaban J connectivity index is 2.97. The van der Waals surface area contributed by atoms with E-state index in [0.717, 1.165) is 5.56 Å². The Morgan fingerprint density at radius 1 is 1.53 bits per heavy atom. The lowest BCUT2D eigenvalue weighted by atomic mass is 10.1. The molecular formula is C12H14O3. The summed E-state index contributed by atoms with van der Waals surface area (Å²) >= 11 is 0. The minimum Gasteiger partial charge on any atom is -0.488 e. The van der Waals surface area contributed by atoms with Gasteiger partial charge < -0.3 is 9.84 Å². The van der Waals surface area contributed by atoms with Gasteiger partial charge in [0.05, 0.1) is 0 Å². The number of allylic oxidation sites excluding steroid dienone is 1. The molecule has 0 unspecified atom stereocenters. The maximum absolute atomic E-state index is 10.9. The number of ether oxygens (including phenoxy) is 1. The number of hydrogen-bond acceptors (Lipinski definition) is 2. The molecule has 3 nitrogen and oxygen atoms in total. The van der Waals surface area contributed by atoms with Gasteiger partial charge in [0.15, 0.2) is 0 Å². The van der Waals surface area contributed by atoms with Crippen molar-refractivity contribution in [2.45, 2.75) is 13.8 Å². The van der Waals surface area contributed by atoms with Crippen LogP contribution in [0.2, 0.25) is 0 Å². The summed E-state index contributed by atoms with van der Waals surface area (Å²) in [6, 6.07) is 5.08. The van der Waals surface area contributed by atoms with Crippen LogP contribution in [-0.2, 0) is 0 Å². The van der Waals surface area contributed by atoms with Crippen molar-refractivity contribution in [3.05, 3.63) is 41.5 Å². The SMILES string of the molecule is C/C=C/COc1c(C)cccc1C(=O)O. The smallest absolute Gasteiger partial charge is 0.339 e. The van der Waals surface area contributed by atoms with E-state index < -0.39 is 5.97 Å². The van der Waals surface area contributed by atoms with E-state index in [-0.39, 0.29) is 5.56 Å². The van der Waals surface area contributed by atoms with E-state index in [0.29, 0.717) is 12.4 Å². The average molecular weight is 206 g/mol. The topological polar surface area (TPSA) is 46.5 Å². The molecule has 0 aliphatic heterocycles. The Bertz CT molecular complexity index is 380. The van der Waals surface area contributed by atoms with Crippen LogP contribution in [0.1, 0.15) is 22.8 Å². The molecule has 3 heteroatoms. The van der Waals surface area contributed by atoms with Crippen LogP contribution in [0.25, 0.3) is 0 Å². The number of carbonyl (C=O) groups is 1. The number of hydrogen-bond donors (Lipinski definition) is 1. The molecule has 0 aliphatic rings. The Hall–Kier alpha value is -1.77. The van der Waals surface area contributed by atoms with Crippen LogP contribution < -0.4 is 4.74 Å². The molecule has 0 aromatic heterocycles. The largest absolute Gasteiger partial charge is 0.488 e. The molecule has 0 spiro atoms. The molecule has 1 aromatic carbocycles. The molecule has 0 saturated heterocycles. The van der Waals surface area contributed by atoms with Crippen LogP contribution in [0.15, 0.2) is 30.4 Å². The Kier molecular flexibility index (Phi) is 3.92. The fraction of sp³-hybridized carbons (Fsp3) is 0.250. The molecule has 0 radical (unpaired) electrons. The zero-order valence-electron chi connectivity index (χ0n) is 8.86. The van der Waals surface area contributed by atoms with E-state index in [4.69, 9.17) is 9.84 Å². The maximum atomic E-state index is 10.9. The highest BCUT2D eigenvalue weighted by Gasteiger charge is 2.12. The summed E-state index contributed by atoms with van der Waals surface area (Å²) in [6.45, 7) is 4.11. The molecular weight excluding hydrogens is 192 g/mol. The van der Waals surface area contributed by atoms with Crippen LogP contribution in [0.5, 0.6) is 5.75 Å². The monoisotopic (exact) mass is 206 g/mol. The average Bonchev–Trinajstić information content (AvgIpc) is 2.20. The molecule has 0 saturated carbocycles. The lowest BCUT2D eigenvalue weighted by Crippen LogP contribution is -2.04. The van der Waals surface area contributed by atoms with E-state index in [1.807, 2.05) is 32.1 Å². The van der Waals surface area contributed by atoms with E-state index in [2.05, 4.69) is 0 Å². The van der Waals surface area contributed by atoms with Gasteiger partial charge in [-0.15, -0.1) is 0 Å². The molecule has 1 rings (SSSR count). The minimum absolute atomic E-state index is 0.208. The molecule has 1 aromatic rings. The Morgan fingerprint density at radius 3 is 2.87 bits per heavy atom. The van der Waals surface area contributed by atoms with Gasteiger partial charge in [-0.2, -0.15) is 0 Å².